The van der Waals surface area contributed by atoms with Gasteiger partial charge in [-0.2, -0.15) is 0 Å². The van der Waals surface area contributed by atoms with Gasteiger partial charge < -0.3 is 24.4 Å². The van der Waals surface area contributed by atoms with Gasteiger partial charge in [0, 0.05) is 30.9 Å². The van der Waals surface area contributed by atoms with E-state index >= 15 is 0 Å². The summed E-state index contributed by atoms with van der Waals surface area (Å²) in [4.78, 5) is 14.9. The highest BCUT2D eigenvalue weighted by atomic mass is 16.5. The van der Waals surface area contributed by atoms with Crippen LogP contribution in [-0.2, 0) is 6.42 Å². The van der Waals surface area contributed by atoms with E-state index in [1.165, 1.54) is 32.6 Å². The number of fused-ring (bicyclic) bond motifs is 1. The first-order valence-electron chi connectivity index (χ1n) is 9.09. The number of hydrogen-bond acceptors (Lipinski definition) is 5. The highest BCUT2D eigenvalue weighted by molar-refractivity contribution is 5.95. The van der Waals surface area contributed by atoms with Crippen molar-refractivity contribution in [1.82, 2.24) is 5.32 Å². The van der Waals surface area contributed by atoms with Crippen LogP contribution in [0.5, 0.6) is 17.2 Å². The van der Waals surface area contributed by atoms with Gasteiger partial charge in [-0.15, -0.1) is 0 Å². The Morgan fingerprint density at radius 1 is 1.07 bits per heavy atom. The van der Waals surface area contributed by atoms with Crippen LogP contribution >= 0.6 is 0 Å². The number of anilines is 1. The molecule has 0 unspecified atom stereocenters. The number of hydrogen-bond donors (Lipinski definition) is 1. The first-order chi connectivity index (χ1) is 13.2. The lowest BCUT2D eigenvalue weighted by molar-refractivity contribution is 0.0952. The number of nitrogens with zero attached hydrogens (tertiary/aromatic N) is 1. The summed E-state index contributed by atoms with van der Waals surface area (Å²) >= 11 is 0. The molecule has 6 heteroatoms. The van der Waals surface area contributed by atoms with E-state index in [4.69, 9.17) is 14.2 Å². The molecule has 0 radical (unpaired) electrons. The Labute approximate surface area is 160 Å². The SMILES string of the molecule is COc1cc(C(=O)NCCCN2CCc3ccccc32)cc(OC)c1OC. The fourth-order valence-electron chi connectivity index (χ4n) is 3.42. The monoisotopic (exact) mass is 370 g/mol. The Hall–Kier alpha value is -2.89. The molecular formula is C21H26N2O4. The number of benzene rings is 2. The van der Waals surface area contributed by atoms with E-state index < -0.39 is 0 Å². The molecule has 0 bridgehead atoms. The summed E-state index contributed by atoms with van der Waals surface area (Å²) in [6, 6.07) is 11.8. The molecule has 2 aromatic rings. The fourth-order valence-corrected chi connectivity index (χ4v) is 3.42. The molecule has 1 aliphatic heterocycles. The van der Waals surface area contributed by atoms with Crippen molar-refractivity contribution < 1.29 is 19.0 Å². The van der Waals surface area contributed by atoms with Crippen molar-refractivity contribution in [3.05, 3.63) is 47.5 Å². The summed E-state index contributed by atoms with van der Waals surface area (Å²) in [6.07, 6.45) is 1.97. The topological polar surface area (TPSA) is 60.0 Å². The molecule has 0 fully saturated rings. The van der Waals surface area contributed by atoms with Crippen LogP contribution in [0.3, 0.4) is 0 Å². The maximum absolute atomic E-state index is 12.5. The number of rotatable bonds is 8. The number of amides is 1. The molecule has 27 heavy (non-hydrogen) atoms. The van der Waals surface area contributed by atoms with Crippen LogP contribution < -0.4 is 24.4 Å². The van der Waals surface area contributed by atoms with Crippen molar-refractivity contribution in [2.24, 2.45) is 0 Å². The Kier molecular flexibility index (Phi) is 6.06. The van der Waals surface area contributed by atoms with Crippen LogP contribution in [0.15, 0.2) is 36.4 Å². The van der Waals surface area contributed by atoms with Crippen molar-refractivity contribution in [2.45, 2.75) is 12.8 Å². The average molecular weight is 370 g/mol. The normalized spacial score (nSPS) is 12.5. The minimum absolute atomic E-state index is 0.156. The molecule has 1 heterocycles. The van der Waals surface area contributed by atoms with Gasteiger partial charge in [-0.1, -0.05) is 18.2 Å². The molecule has 1 N–H and O–H groups in total. The quantitative estimate of drug-likeness (QED) is 0.724. The lowest BCUT2D eigenvalue weighted by Crippen LogP contribution is -2.29. The van der Waals surface area contributed by atoms with Crippen LogP contribution in [0.25, 0.3) is 0 Å². The Morgan fingerprint density at radius 3 is 2.44 bits per heavy atom. The highest BCUT2D eigenvalue weighted by Gasteiger charge is 2.19. The maximum Gasteiger partial charge on any atom is 0.251 e. The molecule has 0 saturated heterocycles. The van der Waals surface area contributed by atoms with E-state index in [1.54, 1.807) is 12.1 Å². The third-order valence-electron chi connectivity index (χ3n) is 4.80. The molecule has 6 nitrogen and oxygen atoms in total. The maximum atomic E-state index is 12.5. The molecular weight excluding hydrogens is 344 g/mol. The second-order valence-electron chi connectivity index (χ2n) is 6.39. The van der Waals surface area contributed by atoms with E-state index in [-0.39, 0.29) is 5.91 Å². The largest absolute Gasteiger partial charge is 0.493 e. The summed E-state index contributed by atoms with van der Waals surface area (Å²) < 4.78 is 15.9. The minimum atomic E-state index is -0.156. The van der Waals surface area contributed by atoms with Crippen molar-refractivity contribution in [3.63, 3.8) is 0 Å². The molecule has 1 aliphatic rings. The van der Waals surface area contributed by atoms with Crippen LogP contribution in [-0.4, -0.2) is 46.9 Å². The smallest absolute Gasteiger partial charge is 0.251 e. The molecule has 0 atom stereocenters. The van der Waals surface area contributed by atoms with Crippen LogP contribution in [0.2, 0.25) is 0 Å². The Bertz CT molecular complexity index is 782. The third kappa shape index (κ3) is 4.10. The molecule has 144 valence electrons. The number of para-hydroxylation sites is 1. The summed E-state index contributed by atoms with van der Waals surface area (Å²) in [5, 5.41) is 2.97. The fraction of sp³-hybridized carbons (Fsp3) is 0.381. The average Bonchev–Trinajstić information content (AvgIpc) is 3.12. The van der Waals surface area contributed by atoms with Gasteiger partial charge in [-0.3, -0.25) is 4.79 Å². The zero-order valence-corrected chi connectivity index (χ0v) is 16.1. The van der Waals surface area contributed by atoms with E-state index in [9.17, 15) is 4.79 Å². The molecule has 0 spiro atoms. The van der Waals surface area contributed by atoms with E-state index in [0.717, 1.165) is 25.9 Å². The van der Waals surface area contributed by atoms with E-state index in [2.05, 4.69) is 34.5 Å². The molecule has 1 amide bonds. The third-order valence-corrected chi connectivity index (χ3v) is 4.80. The van der Waals surface area contributed by atoms with Gasteiger partial charge in [-0.25, -0.2) is 0 Å². The second-order valence-corrected chi connectivity index (χ2v) is 6.39. The van der Waals surface area contributed by atoms with Gasteiger partial charge in [0.2, 0.25) is 5.75 Å². The van der Waals surface area contributed by atoms with Gasteiger partial charge in [0.05, 0.1) is 21.3 Å². The van der Waals surface area contributed by atoms with Crippen LogP contribution in [0, 0.1) is 0 Å². The van der Waals surface area contributed by atoms with Gasteiger partial charge in [0.1, 0.15) is 0 Å². The predicted molar refractivity (Wildman–Crippen MR) is 105 cm³/mol. The van der Waals surface area contributed by atoms with E-state index in [0.29, 0.717) is 29.4 Å². The van der Waals surface area contributed by atoms with Gasteiger partial charge in [0.25, 0.3) is 5.91 Å². The van der Waals surface area contributed by atoms with Crippen molar-refractivity contribution >= 4 is 11.6 Å². The molecule has 3 rings (SSSR count). The van der Waals surface area contributed by atoms with E-state index in [1.807, 2.05) is 0 Å². The molecule has 2 aromatic carbocycles. The first-order valence-corrected chi connectivity index (χ1v) is 9.09. The molecule has 0 saturated carbocycles. The predicted octanol–water partition coefficient (Wildman–Crippen LogP) is 2.90. The van der Waals surface area contributed by atoms with Crippen molar-refractivity contribution in [1.29, 1.82) is 0 Å². The molecule has 0 aromatic heterocycles. The van der Waals surface area contributed by atoms with Crippen LogP contribution in [0.4, 0.5) is 5.69 Å². The number of ether oxygens (including phenoxy) is 3. The van der Waals surface area contributed by atoms with Gasteiger partial charge >= 0.3 is 0 Å². The lowest BCUT2D eigenvalue weighted by atomic mass is 10.1. The Morgan fingerprint density at radius 2 is 1.78 bits per heavy atom. The second kappa shape index (κ2) is 8.66. The summed E-state index contributed by atoms with van der Waals surface area (Å²) in [5.74, 6) is 1.26. The first kappa shape index (κ1) is 18.9. The molecule has 0 aliphatic carbocycles. The van der Waals surface area contributed by atoms with Gasteiger partial charge in [0.15, 0.2) is 11.5 Å². The van der Waals surface area contributed by atoms with Crippen molar-refractivity contribution in [3.8, 4) is 17.2 Å². The minimum Gasteiger partial charge on any atom is -0.493 e. The van der Waals surface area contributed by atoms with Gasteiger partial charge in [-0.05, 0) is 36.6 Å². The lowest BCUT2D eigenvalue weighted by Gasteiger charge is -2.19. The number of carbonyl (C=O) groups is 1. The number of carbonyl (C=O) groups excluding carboxylic acids is 1. The standard InChI is InChI=1S/C21H26N2O4/c1-25-18-13-16(14-19(26-2)20(18)27-3)21(24)22-10-6-11-23-12-9-15-7-4-5-8-17(15)23/h4-5,7-8,13-14H,6,9-12H2,1-3H3,(H,22,24). The van der Waals surface area contributed by atoms with Crippen LogP contribution in [0.1, 0.15) is 22.3 Å². The van der Waals surface area contributed by atoms with Crippen molar-refractivity contribution in [2.75, 3.05) is 45.9 Å². The Balaban J connectivity index is 1.55. The summed E-state index contributed by atoms with van der Waals surface area (Å²) in [5.41, 5.74) is 3.20. The zero-order chi connectivity index (χ0) is 19.2. The summed E-state index contributed by atoms with van der Waals surface area (Å²) in [6.45, 7) is 2.57. The summed E-state index contributed by atoms with van der Waals surface area (Å²) in [7, 11) is 4.61. The highest BCUT2D eigenvalue weighted by Crippen LogP contribution is 2.38. The number of nitrogens with one attached hydrogen (secondary N) is 1. The zero-order valence-electron chi connectivity index (χ0n) is 16.1. The number of methoxy groups -OCH3 is 3.